The minimum Gasteiger partial charge on any atom is -0.356 e. The summed E-state index contributed by atoms with van der Waals surface area (Å²) < 4.78 is 0. The lowest BCUT2D eigenvalue weighted by Gasteiger charge is -2.12. The minimum absolute atomic E-state index is 0. The quantitative estimate of drug-likeness (QED) is 0.301. The summed E-state index contributed by atoms with van der Waals surface area (Å²) >= 11 is 5.78. The molecule has 2 rings (SSSR count). The highest BCUT2D eigenvalue weighted by Crippen LogP contribution is 2.07. The van der Waals surface area contributed by atoms with Crippen LogP contribution in [0.3, 0.4) is 0 Å². The average molecular weight is 459 g/mol. The third-order valence-electron chi connectivity index (χ3n) is 3.67. The number of hydrogen-bond acceptors (Lipinski definition) is 2. The zero-order valence-corrected chi connectivity index (χ0v) is 17.1. The Labute approximate surface area is 166 Å². The van der Waals surface area contributed by atoms with Crippen molar-refractivity contribution in [3.8, 4) is 0 Å². The molecule has 24 heavy (non-hydrogen) atoms. The first kappa shape index (κ1) is 20.7. The van der Waals surface area contributed by atoms with Gasteiger partial charge in [-0.25, -0.2) is 4.98 Å². The van der Waals surface area contributed by atoms with Gasteiger partial charge in [0.15, 0.2) is 5.96 Å². The molecular weight excluding hydrogens is 435 g/mol. The van der Waals surface area contributed by atoms with Crippen LogP contribution in [0, 0.1) is 6.92 Å². The topological polar surface area (TPSA) is 49.3 Å². The first-order valence-electron chi connectivity index (χ1n) is 7.78. The van der Waals surface area contributed by atoms with E-state index in [-0.39, 0.29) is 24.0 Å². The van der Waals surface area contributed by atoms with Gasteiger partial charge in [0.05, 0.1) is 0 Å². The van der Waals surface area contributed by atoms with Crippen molar-refractivity contribution < 1.29 is 0 Å². The van der Waals surface area contributed by atoms with Crippen molar-refractivity contribution in [3.63, 3.8) is 0 Å². The normalized spacial score (nSPS) is 10.9. The van der Waals surface area contributed by atoms with E-state index in [1.807, 2.05) is 12.1 Å². The van der Waals surface area contributed by atoms with Crippen LogP contribution in [0.25, 0.3) is 0 Å². The second-order valence-corrected chi connectivity index (χ2v) is 5.73. The molecule has 4 nitrogen and oxygen atoms in total. The van der Waals surface area contributed by atoms with Gasteiger partial charge in [-0.15, -0.1) is 24.0 Å². The molecule has 0 amide bonds. The monoisotopic (exact) mass is 458 g/mol. The summed E-state index contributed by atoms with van der Waals surface area (Å²) in [6, 6.07) is 12.3. The Hall–Kier alpha value is -1.34. The smallest absolute Gasteiger partial charge is 0.190 e. The predicted molar refractivity (Wildman–Crippen MR) is 113 cm³/mol. The summed E-state index contributed by atoms with van der Waals surface area (Å²) in [6.07, 6.45) is 3.66. The predicted octanol–water partition coefficient (Wildman–Crippen LogP) is 3.61. The van der Waals surface area contributed by atoms with E-state index in [4.69, 9.17) is 11.6 Å². The van der Waals surface area contributed by atoms with Crippen LogP contribution < -0.4 is 10.6 Å². The lowest BCUT2D eigenvalue weighted by atomic mass is 10.1. The Bertz CT molecular complexity index is 644. The Morgan fingerprint density at radius 3 is 2.42 bits per heavy atom. The Morgan fingerprint density at radius 1 is 1.08 bits per heavy atom. The van der Waals surface area contributed by atoms with Gasteiger partial charge in [-0.05, 0) is 42.5 Å². The number of benzene rings is 1. The van der Waals surface area contributed by atoms with E-state index in [9.17, 15) is 0 Å². The molecule has 0 aliphatic carbocycles. The van der Waals surface area contributed by atoms with Gasteiger partial charge in [-0.3, -0.25) is 4.99 Å². The fraction of sp³-hybridized carbons (Fsp3) is 0.333. The molecule has 0 spiro atoms. The maximum absolute atomic E-state index is 5.78. The number of rotatable bonds is 6. The minimum atomic E-state index is 0. The van der Waals surface area contributed by atoms with Crippen molar-refractivity contribution in [3.05, 3.63) is 64.4 Å². The summed E-state index contributed by atoms with van der Waals surface area (Å²) in [5.41, 5.74) is 3.84. The van der Waals surface area contributed by atoms with E-state index in [1.165, 1.54) is 11.1 Å². The fourth-order valence-corrected chi connectivity index (χ4v) is 2.42. The third kappa shape index (κ3) is 7.05. The van der Waals surface area contributed by atoms with Gasteiger partial charge >= 0.3 is 0 Å². The molecule has 2 aromatic rings. The zero-order chi connectivity index (χ0) is 16.5. The molecule has 2 N–H and O–H groups in total. The number of guanidine groups is 1. The second kappa shape index (κ2) is 11.3. The molecule has 1 heterocycles. The van der Waals surface area contributed by atoms with Crippen LogP contribution in [0.2, 0.25) is 5.15 Å². The van der Waals surface area contributed by atoms with E-state index in [2.05, 4.69) is 51.8 Å². The molecular formula is C18H24ClIN4. The summed E-state index contributed by atoms with van der Waals surface area (Å²) in [4.78, 5) is 8.32. The molecule has 0 bridgehead atoms. The molecule has 0 unspecified atom stereocenters. The third-order valence-corrected chi connectivity index (χ3v) is 3.89. The molecule has 0 saturated heterocycles. The Morgan fingerprint density at radius 2 is 1.79 bits per heavy atom. The fourth-order valence-electron chi connectivity index (χ4n) is 2.31. The molecule has 1 aromatic carbocycles. The van der Waals surface area contributed by atoms with Crippen molar-refractivity contribution in [2.24, 2.45) is 4.99 Å². The summed E-state index contributed by atoms with van der Waals surface area (Å²) in [7, 11) is 1.78. The Balaban J connectivity index is 0.00000288. The van der Waals surface area contributed by atoms with E-state index in [1.54, 1.807) is 13.2 Å². The number of hydrogen-bond donors (Lipinski definition) is 2. The molecule has 0 fully saturated rings. The first-order chi connectivity index (χ1) is 11.2. The van der Waals surface area contributed by atoms with Crippen molar-refractivity contribution in [1.82, 2.24) is 15.6 Å². The average Bonchev–Trinajstić information content (AvgIpc) is 2.57. The van der Waals surface area contributed by atoms with Gasteiger partial charge < -0.3 is 10.6 Å². The lowest BCUT2D eigenvalue weighted by molar-refractivity contribution is 0.781. The van der Waals surface area contributed by atoms with E-state index in [0.717, 1.165) is 37.5 Å². The van der Waals surface area contributed by atoms with Gasteiger partial charge in [-0.2, -0.15) is 0 Å². The number of aryl methyl sites for hydroxylation is 1. The summed E-state index contributed by atoms with van der Waals surface area (Å²) in [6.45, 7) is 3.79. The lowest BCUT2D eigenvalue weighted by Crippen LogP contribution is -2.39. The van der Waals surface area contributed by atoms with Crippen LogP contribution in [0.5, 0.6) is 0 Å². The SMILES string of the molecule is CN=C(NCCc1ccc(Cl)nc1)NCCc1ccccc1C.I. The number of halogens is 2. The number of aliphatic imine (C=N–C) groups is 1. The van der Waals surface area contributed by atoms with Crippen molar-refractivity contribution in [2.75, 3.05) is 20.1 Å². The van der Waals surface area contributed by atoms with E-state index >= 15 is 0 Å². The van der Waals surface area contributed by atoms with Crippen LogP contribution in [0.1, 0.15) is 16.7 Å². The van der Waals surface area contributed by atoms with E-state index in [0.29, 0.717) is 5.15 Å². The maximum atomic E-state index is 5.78. The zero-order valence-electron chi connectivity index (χ0n) is 14.1. The molecule has 0 aliphatic heterocycles. The molecule has 6 heteroatoms. The van der Waals surface area contributed by atoms with Crippen LogP contribution >= 0.6 is 35.6 Å². The van der Waals surface area contributed by atoms with E-state index < -0.39 is 0 Å². The van der Waals surface area contributed by atoms with Crippen molar-refractivity contribution in [2.45, 2.75) is 19.8 Å². The van der Waals surface area contributed by atoms with Crippen LogP contribution in [-0.4, -0.2) is 31.1 Å². The van der Waals surface area contributed by atoms with Gasteiger partial charge in [0.25, 0.3) is 0 Å². The second-order valence-electron chi connectivity index (χ2n) is 5.34. The summed E-state index contributed by atoms with van der Waals surface area (Å²) in [5.74, 6) is 0.820. The molecule has 0 atom stereocenters. The van der Waals surface area contributed by atoms with Crippen LogP contribution in [0.4, 0.5) is 0 Å². The highest BCUT2D eigenvalue weighted by atomic mass is 127. The van der Waals surface area contributed by atoms with Gasteiger partial charge in [0.1, 0.15) is 5.15 Å². The van der Waals surface area contributed by atoms with Gasteiger partial charge in [0, 0.05) is 26.3 Å². The maximum Gasteiger partial charge on any atom is 0.190 e. The first-order valence-corrected chi connectivity index (χ1v) is 8.16. The summed E-state index contributed by atoms with van der Waals surface area (Å²) in [5, 5.41) is 7.18. The largest absolute Gasteiger partial charge is 0.356 e. The van der Waals surface area contributed by atoms with Crippen LogP contribution in [0.15, 0.2) is 47.6 Å². The number of pyridine rings is 1. The molecule has 130 valence electrons. The standard InChI is InChI=1S/C18H23ClN4.HI/c1-14-5-3-4-6-16(14)10-12-22-18(20-2)21-11-9-15-7-8-17(19)23-13-15;/h3-8,13H,9-12H2,1-2H3,(H2,20,21,22);1H. The highest BCUT2D eigenvalue weighted by molar-refractivity contribution is 14.0. The molecule has 0 radical (unpaired) electrons. The Kier molecular flexibility index (Phi) is 9.71. The molecule has 0 saturated carbocycles. The molecule has 1 aromatic heterocycles. The van der Waals surface area contributed by atoms with Crippen molar-refractivity contribution in [1.29, 1.82) is 0 Å². The number of aromatic nitrogens is 1. The number of nitrogens with zero attached hydrogens (tertiary/aromatic N) is 2. The van der Waals surface area contributed by atoms with Gasteiger partial charge in [0.2, 0.25) is 0 Å². The van der Waals surface area contributed by atoms with Crippen molar-refractivity contribution >= 4 is 41.5 Å². The molecule has 0 aliphatic rings. The number of nitrogens with one attached hydrogen (secondary N) is 2. The highest BCUT2D eigenvalue weighted by Gasteiger charge is 2.00. The van der Waals surface area contributed by atoms with Crippen LogP contribution in [-0.2, 0) is 12.8 Å². The van der Waals surface area contributed by atoms with Gasteiger partial charge in [-0.1, -0.05) is 41.9 Å².